The highest BCUT2D eigenvalue weighted by molar-refractivity contribution is 6.15. The molecule has 10 aromatic rings. The molecule has 0 aliphatic heterocycles. The number of rotatable bonds is 5. The molecule has 11 rings (SSSR count). The summed E-state index contributed by atoms with van der Waals surface area (Å²) in [6.45, 7) is 0. The van der Waals surface area contributed by atoms with Crippen molar-refractivity contribution in [2.24, 2.45) is 0 Å². The Hall–Kier alpha value is -7.17. The normalized spacial score (nSPS) is 13.0. The number of fused-ring (bicyclic) bond motifs is 7. The van der Waals surface area contributed by atoms with Gasteiger partial charge in [-0.05, 0) is 68.9 Å². The molecule has 0 N–H and O–H groups in total. The van der Waals surface area contributed by atoms with E-state index in [0.29, 0.717) is 17.5 Å². The molecule has 8 aromatic carbocycles. The number of hydrogen-bond acceptors (Lipinski definition) is 3. The number of hydrogen-bond donors (Lipinski definition) is 0. The summed E-state index contributed by atoms with van der Waals surface area (Å²) in [7, 11) is 0. The topological polar surface area (TPSA) is 43.6 Å². The van der Waals surface area contributed by atoms with Gasteiger partial charge in [-0.15, -0.1) is 0 Å². The van der Waals surface area contributed by atoms with Gasteiger partial charge in [0.2, 0.25) is 0 Å². The Morgan fingerprint density at radius 2 is 1.00 bits per heavy atom. The Kier molecular flexibility index (Phi) is 6.73. The fourth-order valence-corrected chi connectivity index (χ4v) is 8.79. The average Bonchev–Trinajstić information content (AvgIpc) is 3.75. The molecule has 0 amide bonds. The van der Waals surface area contributed by atoms with Crippen LogP contribution in [0.5, 0.6) is 0 Å². The molecule has 1 aliphatic rings. The lowest BCUT2D eigenvalue weighted by atomic mass is 9.71. The monoisotopic (exact) mass is 688 g/mol. The lowest BCUT2D eigenvalue weighted by Crippen LogP contribution is -2.31. The van der Waals surface area contributed by atoms with E-state index in [9.17, 15) is 0 Å². The van der Waals surface area contributed by atoms with Gasteiger partial charge in [0.15, 0.2) is 17.5 Å². The predicted octanol–water partition coefficient (Wildman–Crippen LogP) is 11.8. The van der Waals surface area contributed by atoms with E-state index in [4.69, 9.17) is 15.0 Å². The van der Waals surface area contributed by atoms with Gasteiger partial charge in [0, 0.05) is 27.6 Å². The van der Waals surface area contributed by atoms with Gasteiger partial charge in [-0.25, -0.2) is 15.0 Å². The standard InChI is InChI=1S/C50H32N4/c1-3-18-36(19-4-1)50(42-26-12-9-22-38(42)39-23-10-13-27-43(39)50)49-52-47(35-31-30-33-16-7-8-17-34(33)32-35)51-48(53-49)41-25-15-29-45-46(41)40-24-11-14-28-44(40)54(45)37-20-5-2-6-21-37/h1-32H. The molecule has 252 valence electrons. The number of benzene rings is 8. The molecule has 0 spiro atoms. The van der Waals surface area contributed by atoms with E-state index in [1.54, 1.807) is 0 Å². The highest BCUT2D eigenvalue weighted by atomic mass is 15.1. The Morgan fingerprint density at radius 1 is 0.407 bits per heavy atom. The van der Waals surface area contributed by atoms with Gasteiger partial charge in [0.05, 0.1) is 11.0 Å². The zero-order valence-corrected chi connectivity index (χ0v) is 29.3. The van der Waals surface area contributed by atoms with Crippen LogP contribution in [0.3, 0.4) is 0 Å². The molecule has 4 heteroatoms. The first-order valence-corrected chi connectivity index (χ1v) is 18.4. The van der Waals surface area contributed by atoms with Crippen LogP contribution >= 0.6 is 0 Å². The third-order valence-corrected chi connectivity index (χ3v) is 11.1. The third-order valence-electron chi connectivity index (χ3n) is 11.1. The van der Waals surface area contributed by atoms with Gasteiger partial charge in [-0.2, -0.15) is 0 Å². The molecule has 4 nitrogen and oxygen atoms in total. The van der Waals surface area contributed by atoms with E-state index in [1.807, 2.05) is 0 Å². The van der Waals surface area contributed by atoms with Crippen molar-refractivity contribution in [3.8, 4) is 39.6 Å². The van der Waals surface area contributed by atoms with E-state index in [2.05, 4.69) is 199 Å². The summed E-state index contributed by atoms with van der Waals surface area (Å²) in [5, 5.41) is 4.57. The highest BCUT2D eigenvalue weighted by Gasteiger charge is 2.48. The van der Waals surface area contributed by atoms with E-state index in [1.165, 1.54) is 16.5 Å². The molecule has 0 saturated heterocycles. The average molecular weight is 689 g/mol. The van der Waals surface area contributed by atoms with Gasteiger partial charge in [-0.3, -0.25) is 0 Å². The molecule has 0 bridgehead atoms. The minimum absolute atomic E-state index is 0.640. The molecule has 0 radical (unpaired) electrons. The van der Waals surface area contributed by atoms with E-state index < -0.39 is 5.41 Å². The Morgan fingerprint density at radius 3 is 1.78 bits per heavy atom. The molecule has 2 aromatic heterocycles. The van der Waals surface area contributed by atoms with Gasteiger partial charge >= 0.3 is 0 Å². The second-order valence-corrected chi connectivity index (χ2v) is 14.0. The van der Waals surface area contributed by atoms with E-state index in [-0.39, 0.29) is 0 Å². The summed E-state index contributed by atoms with van der Waals surface area (Å²) >= 11 is 0. The Labute approximate surface area is 312 Å². The maximum atomic E-state index is 5.63. The summed E-state index contributed by atoms with van der Waals surface area (Å²) in [6.07, 6.45) is 0. The van der Waals surface area contributed by atoms with Crippen LogP contribution in [0, 0.1) is 0 Å². The smallest absolute Gasteiger partial charge is 0.164 e. The molecule has 54 heavy (non-hydrogen) atoms. The van der Waals surface area contributed by atoms with Gasteiger partial charge in [-0.1, -0.05) is 164 Å². The maximum Gasteiger partial charge on any atom is 0.164 e. The van der Waals surface area contributed by atoms with Crippen LogP contribution < -0.4 is 0 Å². The number of para-hydroxylation sites is 2. The summed E-state index contributed by atoms with van der Waals surface area (Å²) in [5.41, 5.74) is 10.3. The Balaban J connectivity index is 1.27. The van der Waals surface area contributed by atoms with Crippen molar-refractivity contribution in [2.75, 3.05) is 0 Å². The van der Waals surface area contributed by atoms with Gasteiger partial charge in [0.25, 0.3) is 0 Å². The second kappa shape index (κ2) is 11.9. The van der Waals surface area contributed by atoms with Crippen molar-refractivity contribution in [2.45, 2.75) is 5.41 Å². The minimum atomic E-state index is -0.788. The summed E-state index contributed by atoms with van der Waals surface area (Å²) < 4.78 is 2.34. The van der Waals surface area contributed by atoms with Crippen LogP contribution in [0.1, 0.15) is 22.5 Å². The fourth-order valence-electron chi connectivity index (χ4n) is 8.79. The zero-order valence-electron chi connectivity index (χ0n) is 29.3. The van der Waals surface area contributed by atoms with Crippen molar-refractivity contribution in [3.63, 3.8) is 0 Å². The van der Waals surface area contributed by atoms with Crippen molar-refractivity contribution in [1.29, 1.82) is 0 Å². The summed E-state index contributed by atoms with van der Waals surface area (Å²) in [5.74, 6) is 1.98. The summed E-state index contributed by atoms with van der Waals surface area (Å²) in [6, 6.07) is 68.8. The highest BCUT2D eigenvalue weighted by Crippen LogP contribution is 2.55. The first-order valence-electron chi connectivity index (χ1n) is 18.4. The molecule has 2 heterocycles. The molecular weight excluding hydrogens is 657 g/mol. The minimum Gasteiger partial charge on any atom is -0.309 e. The largest absolute Gasteiger partial charge is 0.309 e. The lowest BCUT2D eigenvalue weighted by molar-refractivity contribution is 0.692. The third kappa shape index (κ3) is 4.40. The quantitative estimate of drug-likeness (QED) is 0.181. The van der Waals surface area contributed by atoms with Crippen LogP contribution in [0.25, 0.3) is 72.2 Å². The van der Waals surface area contributed by atoms with Gasteiger partial charge < -0.3 is 4.57 Å². The van der Waals surface area contributed by atoms with E-state index >= 15 is 0 Å². The zero-order chi connectivity index (χ0) is 35.6. The maximum absolute atomic E-state index is 5.63. The molecular formula is C50H32N4. The Bertz CT molecular complexity index is 3010. The van der Waals surface area contributed by atoms with Crippen molar-refractivity contribution in [3.05, 3.63) is 217 Å². The van der Waals surface area contributed by atoms with E-state index in [0.717, 1.165) is 60.7 Å². The van der Waals surface area contributed by atoms with Crippen LogP contribution in [-0.2, 0) is 5.41 Å². The molecule has 0 unspecified atom stereocenters. The first-order chi connectivity index (χ1) is 26.8. The van der Waals surface area contributed by atoms with Crippen molar-refractivity contribution >= 4 is 32.6 Å². The first kappa shape index (κ1) is 30.5. The van der Waals surface area contributed by atoms with Crippen LogP contribution in [0.15, 0.2) is 194 Å². The fraction of sp³-hybridized carbons (Fsp3) is 0.0200. The van der Waals surface area contributed by atoms with Crippen LogP contribution in [0.4, 0.5) is 0 Å². The van der Waals surface area contributed by atoms with Crippen LogP contribution in [-0.4, -0.2) is 19.5 Å². The lowest BCUT2D eigenvalue weighted by Gasteiger charge is -2.32. The molecule has 1 aliphatic carbocycles. The SMILES string of the molecule is c1ccc(-n2c3ccccc3c3c(-c4nc(-c5ccc6ccccc6c5)nc(C5(c6ccccc6)c6ccccc6-c6ccccc65)n4)cccc32)cc1. The van der Waals surface area contributed by atoms with Gasteiger partial charge in [0.1, 0.15) is 5.41 Å². The molecule has 0 saturated carbocycles. The number of nitrogens with zero attached hydrogens (tertiary/aromatic N) is 4. The molecule has 0 fully saturated rings. The number of aromatic nitrogens is 4. The molecule has 0 atom stereocenters. The van der Waals surface area contributed by atoms with Crippen molar-refractivity contribution in [1.82, 2.24) is 19.5 Å². The predicted molar refractivity (Wildman–Crippen MR) is 220 cm³/mol. The summed E-state index contributed by atoms with van der Waals surface area (Å²) in [4.78, 5) is 16.6. The second-order valence-electron chi connectivity index (χ2n) is 14.0. The van der Waals surface area contributed by atoms with Crippen molar-refractivity contribution < 1.29 is 0 Å². The van der Waals surface area contributed by atoms with Crippen LogP contribution in [0.2, 0.25) is 0 Å².